The molecule has 3 rings (SSSR count). The van der Waals surface area contributed by atoms with Crippen LogP contribution in [-0.4, -0.2) is 30.6 Å². The van der Waals surface area contributed by atoms with Crippen LogP contribution in [0.5, 0.6) is 0 Å². The molecule has 0 aliphatic carbocycles. The first kappa shape index (κ1) is 13.1. The molecule has 3 heterocycles. The van der Waals surface area contributed by atoms with Gasteiger partial charge in [-0.05, 0) is 40.8 Å². The smallest absolute Gasteiger partial charge is 0.227 e. The third-order valence-corrected chi connectivity index (χ3v) is 4.32. The first-order chi connectivity index (χ1) is 9.24. The second-order valence-electron chi connectivity index (χ2n) is 5.17. The molecule has 0 aromatic carbocycles. The van der Waals surface area contributed by atoms with Crippen molar-refractivity contribution in [3.63, 3.8) is 0 Å². The van der Waals surface area contributed by atoms with Crippen molar-refractivity contribution >= 4 is 27.5 Å². The average molecular weight is 325 g/mol. The van der Waals surface area contributed by atoms with E-state index in [0.29, 0.717) is 12.3 Å². The monoisotopic (exact) mass is 324 g/mol. The number of amides is 1. The summed E-state index contributed by atoms with van der Waals surface area (Å²) in [5, 5.41) is 0. The van der Waals surface area contributed by atoms with Gasteiger partial charge >= 0.3 is 0 Å². The highest BCUT2D eigenvalue weighted by molar-refractivity contribution is 9.10. The minimum atomic E-state index is 0.227. The second-order valence-corrected chi connectivity index (χ2v) is 6.09. The molecule has 4 nitrogen and oxygen atoms in total. The fraction of sp³-hybridized carbons (Fsp3) is 0.571. The molecule has 2 aliphatic rings. The number of aromatic nitrogens is 1. The SMILES string of the molecule is O=C(CC1CCOCC1)N1CCc2ncc(Br)cc21. The number of carbonyl (C=O) groups excluding carboxylic acids is 1. The van der Waals surface area contributed by atoms with Gasteiger partial charge in [0.15, 0.2) is 0 Å². The Hall–Kier alpha value is -0.940. The maximum Gasteiger partial charge on any atom is 0.227 e. The first-order valence-electron chi connectivity index (χ1n) is 6.76. The van der Waals surface area contributed by atoms with Crippen molar-refractivity contribution in [1.29, 1.82) is 0 Å². The van der Waals surface area contributed by atoms with E-state index < -0.39 is 0 Å². The Morgan fingerprint density at radius 1 is 1.47 bits per heavy atom. The molecule has 1 fully saturated rings. The molecule has 0 saturated carbocycles. The second kappa shape index (κ2) is 5.59. The van der Waals surface area contributed by atoms with E-state index in [2.05, 4.69) is 20.9 Å². The van der Waals surface area contributed by atoms with Crippen LogP contribution >= 0.6 is 15.9 Å². The van der Waals surface area contributed by atoms with E-state index in [4.69, 9.17) is 4.74 Å². The van der Waals surface area contributed by atoms with Gasteiger partial charge in [0.25, 0.3) is 0 Å². The average Bonchev–Trinajstić information content (AvgIpc) is 2.82. The van der Waals surface area contributed by atoms with Gasteiger partial charge in [0, 0.05) is 43.3 Å². The van der Waals surface area contributed by atoms with Crippen LogP contribution in [0.1, 0.15) is 25.0 Å². The lowest BCUT2D eigenvalue weighted by atomic mass is 9.96. The first-order valence-corrected chi connectivity index (χ1v) is 7.56. The van der Waals surface area contributed by atoms with Crippen molar-refractivity contribution in [2.75, 3.05) is 24.7 Å². The van der Waals surface area contributed by atoms with Gasteiger partial charge in [-0.15, -0.1) is 0 Å². The highest BCUT2D eigenvalue weighted by Crippen LogP contribution is 2.30. The molecule has 102 valence electrons. The molecule has 5 heteroatoms. The van der Waals surface area contributed by atoms with Gasteiger partial charge in [0.05, 0.1) is 11.4 Å². The molecule has 0 N–H and O–H groups in total. The van der Waals surface area contributed by atoms with Crippen LogP contribution in [0.3, 0.4) is 0 Å². The lowest BCUT2D eigenvalue weighted by Gasteiger charge is -2.24. The summed E-state index contributed by atoms with van der Waals surface area (Å²) in [5.74, 6) is 0.705. The van der Waals surface area contributed by atoms with Crippen molar-refractivity contribution in [1.82, 2.24) is 4.98 Å². The number of anilines is 1. The minimum absolute atomic E-state index is 0.227. The van der Waals surface area contributed by atoms with E-state index in [9.17, 15) is 4.79 Å². The molecule has 1 amide bonds. The van der Waals surface area contributed by atoms with E-state index >= 15 is 0 Å². The molecule has 0 unspecified atom stereocenters. The largest absolute Gasteiger partial charge is 0.381 e. The maximum absolute atomic E-state index is 12.4. The molecule has 1 aromatic rings. The predicted molar refractivity (Wildman–Crippen MR) is 76.2 cm³/mol. The Morgan fingerprint density at radius 2 is 2.26 bits per heavy atom. The van der Waals surface area contributed by atoms with Gasteiger partial charge < -0.3 is 9.64 Å². The number of carbonyl (C=O) groups is 1. The lowest BCUT2D eigenvalue weighted by molar-refractivity contribution is -0.120. The van der Waals surface area contributed by atoms with Gasteiger partial charge in [-0.3, -0.25) is 9.78 Å². The quantitative estimate of drug-likeness (QED) is 0.839. The van der Waals surface area contributed by atoms with Gasteiger partial charge in [0.1, 0.15) is 0 Å². The fourth-order valence-electron chi connectivity index (χ4n) is 2.79. The van der Waals surface area contributed by atoms with E-state index in [1.165, 1.54) is 0 Å². The Bertz CT molecular complexity index is 486. The van der Waals surface area contributed by atoms with Crippen molar-refractivity contribution in [2.45, 2.75) is 25.7 Å². The number of pyridine rings is 1. The normalized spacial score (nSPS) is 19.5. The van der Waals surface area contributed by atoms with Crippen LogP contribution in [0.25, 0.3) is 0 Å². The molecule has 0 radical (unpaired) electrons. The zero-order valence-electron chi connectivity index (χ0n) is 10.8. The van der Waals surface area contributed by atoms with E-state index in [1.54, 1.807) is 6.20 Å². The van der Waals surface area contributed by atoms with E-state index in [1.807, 2.05) is 11.0 Å². The molecule has 19 heavy (non-hydrogen) atoms. The number of hydrogen-bond acceptors (Lipinski definition) is 3. The van der Waals surface area contributed by atoms with Crippen LogP contribution < -0.4 is 4.90 Å². The predicted octanol–water partition coefficient (Wildman–Crippen LogP) is 2.55. The zero-order valence-corrected chi connectivity index (χ0v) is 12.4. The van der Waals surface area contributed by atoms with E-state index in [0.717, 1.165) is 54.9 Å². The number of halogens is 1. The third kappa shape index (κ3) is 2.82. The summed E-state index contributed by atoms with van der Waals surface area (Å²) in [5.41, 5.74) is 2.01. The summed E-state index contributed by atoms with van der Waals surface area (Å²) in [4.78, 5) is 18.7. The zero-order chi connectivity index (χ0) is 13.2. The molecular formula is C14H17BrN2O2. The van der Waals surface area contributed by atoms with Gasteiger partial charge in [-0.2, -0.15) is 0 Å². The Labute approximate surface area is 121 Å². The third-order valence-electron chi connectivity index (χ3n) is 3.88. The minimum Gasteiger partial charge on any atom is -0.381 e. The molecule has 2 aliphatic heterocycles. The van der Waals surface area contributed by atoms with Crippen LogP contribution in [0, 0.1) is 5.92 Å². The van der Waals surface area contributed by atoms with Crippen LogP contribution in [0.15, 0.2) is 16.7 Å². The Kier molecular flexibility index (Phi) is 3.84. The van der Waals surface area contributed by atoms with Gasteiger partial charge in [-0.25, -0.2) is 0 Å². The van der Waals surface area contributed by atoms with Gasteiger partial charge in [-0.1, -0.05) is 0 Å². The van der Waals surface area contributed by atoms with Gasteiger partial charge in [0.2, 0.25) is 5.91 Å². The Morgan fingerprint density at radius 3 is 3.05 bits per heavy atom. The molecule has 0 atom stereocenters. The maximum atomic E-state index is 12.4. The van der Waals surface area contributed by atoms with Crippen molar-refractivity contribution < 1.29 is 9.53 Å². The summed E-state index contributed by atoms with van der Waals surface area (Å²) >= 11 is 3.42. The molecule has 1 saturated heterocycles. The summed E-state index contributed by atoms with van der Waals surface area (Å²) < 4.78 is 6.27. The van der Waals surface area contributed by atoms with Crippen LogP contribution in [-0.2, 0) is 16.0 Å². The van der Waals surface area contributed by atoms with Crippen LogP contribution in [0.2, 0.25) is 0 Å². The van der Waals surface area contributed by atoms with E-state index in [-0.39, 0.29) is 5.91 Å². The Balaban J connectivity index is 1.70. The number of fused-ring (bicyclic) bond motifs is 1. The molecule has 0 spiro atoms. The molecular weight excluding hydrogens is 308 g/mol. The summed E-state index contributed by atoms with van der Waals surface area (Å²) in [6, 6.07) is 2.00. The highest BCUT2D eigenvalue weighted by Gasteiger charge is 2.28. The van der Waals surface area contributed by atoms with Crippen LogP contribution in [0.4, 0.5) is 5.69 Å². The fourth-order valence-corrected chi connectivity index (χ4v) is 3.11. The van der Waals surface area contributed by atoms with Crippen molar-refractivity contribution in [3.05, 3.63) is 22.4 Å². The van der Waals surface area contributed by atoms with Crippen molar-refractivity contribution in [3.8, 4) is 0 Å². The number of hydrogen-bond donors (Lipinski definition) is 0. The highest BCUT2D eigenvalue weighted by atomic mass is 79.9. The molecule has 1 aromatic heterocycles. The van der Waals surface area contributed by atoms with Crippen molar-refractivity contribution in [2.24, 2.45) is 5.92 Å². The lowest BCUT2D eigenvalue weighted by Crippen LogP contribution is -2.31. The standard InChI is InChI=1S/C14H17BrN2O2/c15-11-8-13-12(16-9-11)1-4-17(13)14(18)7-10-2-5-19-6-3-10/h8-10H,1-7H2. The summed E-state index contributed by atoms with van der Waals surface area (Å²) in [6.45, 7) is 2.35. The number of nitrogens with zero attached hydrogens (tertiary/aromatic N) is 2. The summed E-state index contributed by atoms with van der Waals surface area (Å²) in [7, 11) is 0. The summed E-state index contributed by atoms with van der Waals surface area (Å²) in [6.07, 6.45) is 5.30. The molecule has 0 bridgehead atoms. The number of ether oxygens (including phenoxy) is 1. The topological polar surface area (TPSA) is 42.4 Å². The number of rotatable bonds is 2.